The van der Waals surface area contributed by atoms with Gasteiger partial charge >= 0.3 is 0 Å². The smallest absolute Gasteiger partial charge is 0.242 e. The minimum Gasteiger partial charge on any atom is -0.494 e. The number of ether oxygens (including phenoxy) is 2. The number of carbonyl (C=O) groups excluding carboxylic acids is 1. The summed E-state index contributed by atoms with van der Waals surface area (Å²) in [5.74, 6) is 4.08. The molecule has 1 fully saturated rings. The number of aliphatic imine (C=N–C) groups is 1. The van der Waals surface area contributed by atoms with Crippen molar-refractivity contribution in [3.05, 3.63) is 54.1 Å². The van der Waals surface area contributed by atoms with Gasteiger partial charge in [-0.15, -0.1) is 6.42 Å². The molecule has 0 spiro atoms. The van der Waals surface area contributed by atoms with Gasteiger partial charge in [-0.1, -0.05) is 29.8 Å². The molecular formula is C23H24N2O3S. The molecule has 1 aliphatic rings. The zero-order valence-corrected chi connectivity index (χ0v) is 17.4. The average Bonchev–Trinajstić information content (AvgIpc) is 3.03. The molecular weight excluding hydrogens is 384 g/mol. The molecule has 0 saturated carbocycles. The molecule has 0 N–H and O–H groups in total. The van der Waals surface area contributed by atoms with Crippen LogP contribution in [0.2, 0.25) is 0 Å². The topological polar surface area (TPSA) is 51.1 Å². The zero-order chi connectivity index (χ0) is 20.6. The molecule has 5 nitrogen and oxygen atoms in total. The molecule has 0 unspecified atom stereocenters. The Morgan fingerprint density at radius 1 is 1.07 bits per heavy atom. The summed E-state index contributed by atoms with van der Waals surface area (Å²) in [6.07, 6.45) is 5.84. The van der Waals surface area contributed by atoms with Crippen molar-refractivity contribution < 1.29 is 14.3 Å². The Bertz CT molecular complexity index is 901. The number of hydrogen-bond donors (Lipinski definition) is 0. The van der Waals surface area contributed by atoms with Crippen LogP contribution >= 0.6 is 11.8 Å². The van der Waals surface area contributed by atoms with Crippen LogP contribution < -0.4 is 9.47 Å². The number of terminal acetylenes is 1. The van der Waals surface area contributed by atoms with Gasteiger partial charge in [0.05, 0.1) is 17.5 Å². The highest BCUT2D eigenvalue weighted by molar-refractivity contribution is 8.15. The van der Waals surface area contributed by atoms with E-state index in [-0.39, 0.29) is 17.8 Å². The summed E-state index contributed by atoms with van der Waals surface area (Å²) in [4.78, 5) is 19.3. The molecule has 0 aromatic heterocycles. The lowest BCUT2D eigenvalue weighted by atomic mass is 10.1. The minimum atomic E-state index is -0.186. The number of amides is 1. The third-order valence-corrected chi connectivity index (χ3v) is 5.55. The first-order valence-corrected chi connectivity index (χ1v) is 10.5. The van der Waals surface area contributed by atoms with E-state index in [9.17, 15) is 4.79 Å². The summed E-state index contributed by atoms with van der Waals surface area (Å²) in [6, 6.07) is 15.3. The second-order valence-corrected chi connectivity index (χ2v) is 7.52. The van der Waals surface area contributed by atoms with E-state index >= 15 is 0 Å². The number of nitrogens with zero attached hydrogens (tertiary/aromatic N) is 2. The van der Waals surface area contributed by atoms with E-state index in [0.29, 0.717) is 19.6 Å². The lowest BCUT2D eigenvalue weighted by Crippen LogP contribution is -2.32. The fourth-order valence-corrected chi connectivity index (χ4v) is 4.23. The van der Waals surface area contributed by atoms with Crippen LogP contribution in [0.3, 0.4) is 0 Å². The van der Waals surface area contributed by atoms with E-state index in [4.69, 9.17) is 20.9 Å². The number of rotatable bonds is 8. The van der Waals surface area contributed by atoms with Crippen LogP contribution in [0.5, 0.6) is 11.5 Å². The van der Waals surface area contributed by atoms with E-state index in [1.165, 1.54) is 11.8 Å². The maximum Gasteiger partial charge on any atom is 0.242 e. The second kappa shape index (κ2) is 10.0. The Morgan fingerprint density at radius 3 is 2.34 bits per heavy atom. The van der Waals surface area contributed by atoms with Gasteiger partial charge in [0.15, 0.2) is 5.17 Å². The molecule has 1 atom stereocenters. The summed E-state index contributed by atoms with van der Waals surface area (Å²) in [7, 11) is 0. The molecule has 2 aromatic carbocycles. The van der Waals surface area contributed by atoms with Crippen molar-refractivity contribution in [2.24, 2.45) is 4.99 Å². The van der Waals surface area contributed by atoms with Gasteiger partial charge < -0.3 is 9.47 Å². The van der Waals surface area contributed by atoms with E-state index in [0.717, 1.165) is 27.9 Å². The molecule has 150 valence electrons. The third-order valence-electron chi connectivity index (χ3n) is 4.38. The fourth-order valence-electron chi connectivity index (χ4n) is 2.97. The van der Waals surface area contributed by atoms with Gasteiger partial charge in [0.1, 0.15) is 18.1 Å². The zero-order valence-electron chi connectivity index (χ0n) is 16.6. The monoisotopic (exact) mass is 408 g/mol. The molecule has 0 bridgehead atoms. The minimum absolute atomic E-state index is 0.0924. The van der Waals surface area contributed by atoms with Crippen LogP contribution in [0.15, 0.2) is 53.5 Å². The first-order valence-electron chi connectivity index (χ1n) is 9.59. The fraction of sp³-hybridized carbons (Fsp3) is 0.304. The van der Waals surface area contributed by atoms with E-state index in [1.807, 2.05) is 62.4 Å². The number of carbonyl (C=O) groups is 1. The molecule has 1 heterocycles. The summed E-state index contributed by atoms with van der Waals surface area (Å²) >= 11 is 1.51. The molecule has 1 aliphatic heterocycles. The van der Waals surface area contributed by atoms with Crippen LogP contribution in [0, 0.1) is 12.3 Å². The van der Waals surface area contributed by atoms with Crippen molar-refractivity contribution in [3.8, 4) is 23.8 Å². The normalized spacial score (nSPS) is 17.4. The van der Waals surface area contributed by atoms with Crippen molar-refractivity contribution >= 4 is 28.5 Å². The predicted molar refractivity (Wildman–Crippen MR) is 118 cm³/mol. The standard InChI is InChI=1S/C23H24N2O3S/c1-4-15-28-20-11-7-17(8-12-20)16-21-22(26)25(5-2)23(29-21)24-18-9-13-19(14-10-18)27-6-3/h1,7-14,21H,5-6,15-16H2,2-3H3/t21-/m0/s1. The predicted octanol–water partition coefficient (Wildman–Crippen LogP) is 4.29. The highest BCUT2D eigenvalue weighted by Crippen LogP contribution is 2.32. The van der Waals surface area contributed by atoms with E-state index < -0.39 is 0 Å². The van der Waals surface area contributed by atoms with Gasteiger partial charge in [-0.3, -0.25) is 9.69 Å². The summed E-state index contributed by atoms with van der Waals surface area (Å²) in [6.45, 7) is 5.38. The highest BCUT2D eigenvalue weighted by atomic mass is 32.2. The van der Waals surface area contributed by atoms with Crippen LogP contribution in [0.1, 0.15) is 19.4 Å². The van der Waals surface area contributed by atoms with Crippen molar-refractivity contribution in [3.63, 3.8) is 0 Å². The summed E-state index contributed by atoms with van der Waals surface area (Å²) < 4.78 is 10.9. The van der Waals surface area contributed by atoms with Gasteiger partial charge in [-0.2, -0.15) is 0 Å². The van der Waals surface area contributed by atoms with Crippen LogP contribution in [-0.2, 0) is 11.2 Å². The third kappa shape index (κ3) is 5.33. The lowest BCUT2D eigenvalue weighted by molar-refractivity contribution is -0.126. The van der Waals surface area contributed by atoms with Gasteiger partial charge in [0.2, 0.25) is 5.91 Å². The summed E-state index contributed by atoms with van der Waals surface area (Å²) in [5, 5.41) is 0.550. The van der Waals surface area contributed by atoms with Crippen LogP contribution in [0.25, 0.3) is 0 Å². The number of benzene rings is 2. The Kier molecular flexibility index (Phi) is 7.20. The molecule has 29 heavy (non-hydrogen) atoms. The maximum absolute atomic E-state index is 12.8. The van der Waals surface area contributed by atoms with Gasteiger partial charge in [-0.05, 0) is 62.2 Å². The number of hydrogen-bond acceptors (Lipinski definition) is 5. The highest BCUT2D eigenvalue weighted by Gasteiger charge is 2.37. The summed E-state index contributed by atoms with van der Waals surface area (Å²) in [5.41, 5.74) is 1.88. The van der Waals surface area contributed by atoms with Crippen LogP contribution in [0.4, 0.5) is 5.69 Å². The van der Waals surface area contributed by atoms with E-state index in [2.05, 4.69) is 5.92 Å². The molecule has 0 aliphatic carbocycles. The molecule has 3 rings (SSSR count). The Labute approximate surface area is 176 Å². The van der Waals surface area contributed by atoms with Crippen molar-refractivity contribution in [1.82, 2.24) is 4.90 Å². The SMILES string of the molecule is C#CCOc1ccc(C[C@@H]2SC(=Nc3ccc(OCC)cc3)N(CC)C2=O)cc1. The lowest BCUT2D eigenvalue weighted by Gasteiger charge is -2.13. The van der Waals surface area contributed by atoms with E-state index in [1.54, 1.807) is 4.90 Å². The van der Waals surface area contributed by atoms with Crippen molar-refractivity contribution in [2.45, 2.75) is 25.5 Å². The number of amidine groups is 1. The Hall–Kier alpha value is -2.91. The van der Waals surface area contributed by atoms with Crippen molar-refractivity contribution in [2.75, 3.05) is 19.8 Å². The van der Waals surface area contributed by atoms with Gasteiger partial charge in [-0.25, -0.2) is 4.99 Å². The Balaban J connectivity index is 1.70. The molecule has 6 heteroatoms. The number of thioether (sulfide) groups is 1. The van der Waals surface area contributed by atoms with Gasteiger partial charge in [0, 0.05) is 6.54 Å². The first kappa shape index (κ1) is 20.8. The average molecular weight is 409 g/mol. The molecule has 2 aromatic rings. The largest absolute Gasteiger partial charge is 0.494 e. The Morgan fingerprint density at radius 2 is 1.72 bits per heavy atom. The van der Waals surface area contributed by atoms with Crippen molar-refractivity contribution in [1.29, 1.82) is 0 Å². The first-order chi connectivity index (χ1) is 14.1. The maximum atomic E-state index is 12.8. The van der Waals surface area contributed by atoms with Crippen LogP contribution in [-0.4, -0.2) is 41.0 Å². The molecule has 0 radical (unpaired) electrons. The quantitative estimate of drug-likeness (QED) is 0.612. The molecule has 1 saturated heterocycles. The second-order valence-electron chi connectivity index (χ2n) is 6.35. The van der Waals surface area contributed by atoms with Gasteiger partial charge in [0.25, 0.3) is 0 Å². The molecule has 1 amide bonds.